The van der Waals surface area contributed by atoms with Gasteiger partial charge in [-0.2, -0.15) is 0 Å². The Labute approximate surface area is 93.8 Å². The number of nitrogens with two attached hydrogens (primary N) is 2. The van der Waals surface area contributed by atoms with Gasteiger partial charge in [-0.25, -0.2) is 0 Å². The third-order valence-electron chi connectivity index (χ3n) is 0.915. The summed E-state index contributed by atoms with van der Waals surface area (Å²) in [5.74, 6) is -0.796. The van der Waals surface area contributed by atoms with Crippen LogP contribution in [0.15, 0.2) is 0 Å². The van der Waals surface area contributed by atoms with Crippen LogP contribution in [-0.4, -0.2) is 10.2 Å². The van der Waals surface area contributed by atoms with Gasteiger partial charge in [0.05, 0.1) is 0 Å². The molecule has 0 aliphatic heterocycles. The Morgan fingerprint density at radius 3 is 2.08 bits per heavy atom. The van der Waals surface area contributed by atoms with E-state index in [4.69, 9.17) is 33.5 Å². The molecule has 13 heavy (non-hydrogen) atoms. The highest BCUT2D eigenvalue weighted by Gasteiger charge is 2.33. The molecule has 0 saturated heterocycles. The largest absolute Gasteiger partial charge is 0.308 e. The van der Waals surface area contributed by atoms with Crippen LogP contribution < -0.4 is 15.4 Å². The van der Waals surface area contributed by atoms with Crippen LogP contribution in [0.1, 0.15) is 6.92 Å². The van der Waals surface area contributed by atoms with E-state index in [1.165, 1.54) is 6.92 Å². The second-order valence-electron chi connectivity index (χ2n) is 2.04. The van der Waals surface area contributed by atoms with Crippen molar-refractivity contribution in [3.8, 4) is 0 Å². The number of alkyl halides is 2. The molecule has 5 nitrogen and oxygen atoms in total. The summed E-state index contributed by atoms with van der Waals surface area (Å²) < 4.78 is 9.78. The third kappa shape index (κ3) is 4.78. The topological polar surface area (TPSA) is 98.2 Å². The molecule has 1 amide bonds. The molecule has 0 fully saturated rings. The molecule has 0 unspecified atom stereocenters. The van der Waals surface area contributed by atoms with Gasteiger partial charge in [0, 0.05) is 23.1 Å². The predicted octanol–water partition coefficient (Wildman–Crippen LogP) is 1.62. The Hall–Kier alpha value is 0.900. The van der Waals surface area contributed by atoms with Crippen LogP contribution >= 0.6 is 52.0 Å². The summed E-state index contributed by atoms with van der Waals surface area (Å²) in [6, 6.07) is 0. The molecule has 0 aliphatic rings. The van der Waals surface area contributed by atoms with E-state index in [0.29, 0.717) is 23.1 Å². The van der Waals surface area contributed by atoms with Crippen molar-refractivity contribution in [2.45, 2.75) is 11.3 Å². The van der Waals surface area contributed by atoms with Gasteiger partial charge in [-0.1, -0.05) is 23.2 Å². The van der Waals surface area contributed by atoms with Crippen molar-refractivity contribution in [2.75, 3.05) is 0 Å². The quantitative estimate of drug-likeness (QED) is 0.412. The van der Waals surface area contributed by atoms with Crippen LogP contribution in [0, 0.1) is 0 Å². The molecule has 0 spiro atoms. The smallest absolute Gasteiger partial charge is 0.286 e. The monoisotopic (exact) mass is 283 g/mol. The zero-order valence-corrected chi connectivity index (χ0v) is 10.5. The summed E-state index contributed by atoms with van der Waals surface area (Å²) >= 11 is 11.8. The van der Waals surface area contributed by atoms with Gasteiger partial charge in [-0.05, 0) is 6.92 Å². The lowest BCUT2D eigenvalue weighted by molar-refractivity contribution is -0.119. The fourth-order valence-electron chi connectivity index (χ4n) is 0.300. The lowest BCUT2D eigenvalue weighted by Gasteiger charge is -2.17. The molecular formula is C3H8Cl2N3O2PS2. The molecular weight excluding hydrogens is 276 g/mol. The highest BCUT2D eigenvalue weighted by molar-refractivity contribution is 8.89. The Kier molecular flexibility index (Phi) is 5.47. The average molecular weight is 284 g/mol. The van der Waals surface area contributed by atoms with E-state index in [0.717, 1.165) is 0 Å². The summed E-state index contributed by atoms with van der Waals surface area (Å²) in [6.45, 7) is 1.25. The van der Waals surface area contributed by atoms with Crippen LogP contribution in [0.4, 0.5) is 0 Å². The van der Waals surface area contributed by atoms with Crippen molar-refractivity contribution < 1.29 is 9.36 Å². The van der Waals surface area contributed by atoms with Crippen LogP contribution in [0.3, 0.4) is 0 Å². The molecule has 0 bridgehead atoms. The molecule has 10 heteroatoms. The summed E-state index contributed by atoms with van der Waals surface area (Å²) in [5.41, 5.74) is -3.21. The van der Waals surface area contributed by atoms with Gasteiger partial charge >= 0.3 is 5.70 Å². The molecule has 0 heterocycles. The van der Waals surface area contributed by atoms with Gasteiger partial charge in [0.15, 0.2) is 4.33 Å². The van der Waals surface area contributed by atoms with E-state index in [1.807, 2.05) is 0 Å². The van der Waals surface area contributed by atoms with Crippen molar-refractivity contribution in [1.29, 1.82) is 0 Å². The second-order valence-corrected chi connectivity index (χ2v) is 10.4. The van der Waals surface area contributed by atoms with Crippen molar-refractivity contribution in [3.63, 3.8) is 0 Å². The second kappa shape index (κ2) is 5.11. The fraction of sp³-hybridized carbons (Fsp3) is 0.667. The van der Waals surface area contributed by atoms with E-state index >= 15 is 0 Å². The van der Waals surface area contributed by atoms with E-state index in [9.17, 15) is 9.36 Å². The first-order chi connectivity index (χ1) is 5.75. The van der Waals surface area contributed by atoms with Gasteiger partial charge in [-0.3, -0.25) is 24.7 Å². The number of hydrogen-bond acceptors (Lipinski definition) is 6. The first-order valence-corrected chi connectivity index (χ1v) is 8.26. The molecule has 0 aliphatic carbocycles. The van der Waals surface area contributed by atoms with Gasteiger partial charge in [-0.15, -0.1) is 0 Å². The standard InChI is InChI=1S/C3H8Cl2N3O2PS2/c1-3(4,5)2(9)8-11(10,12-6)13-7/h6-7H2,1H3,(H,8,9,10). The van der Waals surface area contributed by atoms with E-state index in [1.54, 1.807) is 0 Å². The number of halogens is 2. The minimum atomic E-state index is -3.21. The predicted molar refractivity (Wildman–Crippen MR) is 59.4 cm³/mol. The minimum Gasteiger partial charge on any atom is -0.286 e. The zero-order chi connectivity index (χ0) is 10.7. The van der Waals surface area contributed by atoms with Crippen LogP contribution in [0.2, 0.25) is 0 Å². The Morgan fingerprint density at radius 1 is 1.46 bits per heavy atom. The minimum absolute atomic E-state index is 0.461. The lowest BCUT2D eigenvalue weighted by atomic mass is 10.4. The average Bonchev–Trinajstić information content (AvgIpc) is 2.02. The number of nitrogens with one attached hydrogen (secondary N) is 1. The van der Waals surface area contributed by atoms with Gasteiger partial charge < -0.3 is 0 Å². The SMILES string of the molecule is CC(Cl)(Cl)C(=O)NP(=O)(SN)SN. The maximum atomic E-state index is 11.4. The lowest BCUT2D eigenvalue weighted by Crippen LogP contribution is -2.33. The maximum absolute atomic E-state index is 11.4. The van der Waals surface area contributed by atoms with Crippen molar-refractivity contribution in [1.82, 2.24) is 5.09 Å². The van der Waals surface area contributed by atoms with Gasteiger partial charge in [0.1, 0.15) is 0 Å². The Balaban J connectivity index is 4.45. The molecule has 0 radical (unpaired) electrons. The van der Waals surface area contributed by atoms with Crippen LogP contribution in [-0.2, 0) is 9.36 Å². The van der Waals surface area contributed by atoms with Crippen LogP contribution in [0.5, 0.6) is 0 Å². The van der Waals surface area contributed by atoms with E-state index in [-0.39, 0.29) is 0 Å². The molecule has 78 valence electrons. The Morgan fingerprint density at radius 2 is 1.85 bits per heavy atom. The summed E-state index contributed by atoms with van der Waals surface area (Å²) in [6.07, 6.45) is 0. The van der Waals surface area contributed by atoms with Gasteiger partial charge in [0.2, 0.25) is 0 Å². The first kappa shape index (κ1) is 13.9. The first-order valence-electron chi connectivity index (χ1n) is 2.82. The zero-order valence-electron chi connectivity index (χ0n) is 6.49. The fourth-order valence-corrected chi connectivity index (χ4v) is 2.56. The van der Waals surface area contributed by atoms with Crippen LogP contribution in [0.25, 0.3) is 0 Å². The molecule has 0 atom stereocenters. The normalized spacial score (nSPS) is 12.7. The highest BCUT2D eigenvalue weighted by atomic mass is 35.5. The molecule has 0 aromatic carbocycles. The maximum Gasteiger partial charge on any atom is 0.308 e. The number of hydrogen-bond donors (Lipinski definition) is 3. The van der Waals surface area contributed by atoms with Crippen molar-refractivity contribution in [2.24, 2.45) is 10.3 Å². The highest BCUT2D eigenvalue weighted by Crippen LogP contribution is 2.60. The van der Waals surface area contributed by atoms with E-state index < -0.39 is 15.9 Å². The number of rotatable bonds is 4. The molecule has 0 aromatic heterocycles. The Bertz CT molecular complexity index is 237. The number of amides is 1. The van der Waals surface area contributed by atoms with E-state index in [2.05, 4.69) is 5.09 Å². The molecule has 0 saturated carbocycles. The molecule has 5 N–H and O–H groups in total. The number of carbonyl (C=O) groups is 1. The van der Waals surface area contributed by atoms with Crippen molar-refractivity contribution >= 4 is 57.9 Å². The third-order valence-corrected chi connectivity index (χ3v) is 6.05. The summed E-state index contributed by atoms with van der Waals surface area (Å²) in [7, 11) is 0. The van der Waals surface area contributed by atoms with Gasteiger partial charge in [0.25, 0.3) is 5.91 Å². The summed E-state index contributed by atoms with van der Waals surface area (Å²) in [4.78, 5) is 11.1. The molecule has 0 rings (SSSR count). The summed E-state index contributed by atoms with van der Waals surface area (Å²) in [5, 5.41) is 12.2. The molecule has 0 aromatic rings. The number of carbonyl (C=O) groups excluding carboxylic acids is 1. The van der Waals surface area contributed by atoms with Crippen molar-refractivity contribution in [3.05, 3.63) is 0 Å².